The second-order valence-electron chi connectivity index (χ2n) is 6.80. The summed E-state index contributed by atoms with van der Waals surface area (Å²) in [4.78, 5) is 25.8. The van der Waals surface area contributed by atoms with Crippen LogP contribution in [0.1, 0.15) is 31.3 Å². The van der Waals surface area contributed by atoms with Crippen molar-refractivity contribution in [3.63, 3.8) is 0 Å². The maximum absolute atomic E-state index is 12.7. The number of nitrogens with zero attached hydrogens (tertiary/aromatic N) is 4. The highest BCUT2D eigenvalue weighted by molar-refractivity contribution is 6.04. The minimum absolute atomic E-state index is 0.0236. The number of para-hydroxylation sites is 2. The third kappa shape index (κ3) is 4.95. The Balaban J connectivity index is 1.71. The fourth-order valence-corrected chi connectivity index (χ4v) is 3.05. The van der Waals surface area contributed by atoms with Crippen molar-refractivity contribution >= 4 is 17.4 Å². The highest BCUT2D eigenvalue weighted by Gasteiger charge is 2.19. The van der Waals surface area contributed by atoms with Gasteiger partial charge < -0.3 is 19.9 Å². The topological polar surface area (TPSA) is 70.6 Å². The summed E-state index contributed by atoms with van der Waals surface area (Å²) in [6.07, 6.45) is 1.47. The number of hydrogen-bond acceptors (Lipinski definition) is 6. The van der Waals surface area contributed by atoms with Gasteiger partial charge in [0.1, 0.15) is 23.6 Å². The van der Waals surface area contributed by atoms with Crippen LogP contribution in [0.4, 0.5) is 11.5 Å². The van der Waals surface area contributed by atoms with Gasteiger partial charge in [0.2, 0.25) is 0 Å². The number of benzene rings is 1. The van der Waals surface area contributed by atoms with E-state index >= 15 is 0 Å². The highest BCUT2D eigenvalue weighted by atomic mass is 16.5. The third-order valence-electron chi connectivity index (χ3n) is 4.53. The van der Waals surface area contributed by atoms with Gasteiger partial charge in [-0.2, -0.15) is 0 Å². The van der Waals surface area contributed by atoms with Gasteiger partial charge in [-0.05, 0) is 32.5 Å². The van der Waals surface area contributed by atoms with Crippen LogP contribution in [-0.4, -0.2) is 59.6 Å². The van der Waals surface area contributed by atoms with Crippen LogP contribution in [0.3, 0.4) is 0 Å². The first-order chi connectivity index (χ1) is 13.1. The Morgan fingerprint density at radius 2 is 1.93 bits per heavy atom. The number of carbonyl (C=O) groups excluding carboxylic acids is 1. The van der Waals surface area contributed by atoms with Crippen LogP contribution in [0.25, 0.3) is 0 Å². The fraction of sp³-hybridized carbons (Fsp3) is 0.450. The van der Waals surface area contributed by atoms with Gasteiger partial charge in [-0.1, -0.05) is 19.1 Å². The molecule has 0 bridgehead atoms. The zero-order valence-electron chi connectivity index (χ0n) is 16.2. The van der Waals surface area contributed by atoms with Crippen LogP contribution in [0.2, 0.25) is 0 Å². The van der Waals surface area contributed by atoms with E-state index < -0.39 is 0 Å². The van der Waals surface area contributed by atoms with Crippen molar-refractivity contribution in [2.45, 2.75) is 26.9 Å². The zero-order valence-corrected chi connectivity index (χ0v) is 16.2. The van der Waals surface area contributed by atoms with Crippen LogP contribution in [-0.2, 0) is 0 Å². The lowest BCUT2D eigenvalue weighted by atomic mass is 10.2. The Hall–Kier alpha value is -2.67. The van der Waals surface area contributed by atoms with Crippen molar-refractivity contribution in [2.75, 3.05) is 42.9 Å². The number of ether oxygens (including phenoxy) is 1. The second-order valence-corrected chi connectivity index (χ2v) is 6.80. The number of anilines is 2. The number of nitrogens with one attached hydrogen (secondary N) is 1. The smallest absolute Gasteiger partial charge is 0.274 e. The van der Waals surface area contributed by atoms with Crippen LogP contribution in [0, 0.1) is 0 Å². The first-order valence-electron chi connectivity index (χ1n) is 9.43. The van der Waals surface area contributed by atoms with Gasteiger partial charge in [0.15, 0.2) is 0 Å². The van der Waals surface area contributed by atoms with E-state index in [1.165, 1.54) is 6.33 Å². The van der Waals surface area contributed by atoms with Crippen molar-refractivity contribution in [3.8, 4) is 5.75 Å². The average molecular weight is 369 g/mol. The van der Waals surface area contributed by atoms with E-state index in [9.17, 15) is 4.79 Å². The monoisotopic (exact) mass is 369 g/mol. The van der Waals surface area contributed by atoms with Gasteiger partial charge in [0.05, 0.1) is 11.8 Å². The summed E-state index contributed by atoms with van der Waals surface area (Å²) < 4.78 is 5.76. The largest absolute Gasteiger partial charge is 0.489 e. The predicted octanol–water partition coefficient (Wildman–Crippen LogP) is 2.66. The van der Waals surface area contributed by atoms with Gasteiger partial charge in [0, 0.05) is 32.2 Å². The van der Waals surface area contributed by atoms with E-state index in [1.54, 1.807) is 6.07 Å². The van der Waals surface area contributed by atoms with Crippen molar-refractivity contribution in [1.82, 2.24) is 14.9 Å². The lowest BCUT2D eigenvalue weighted by molar-refractivity contribution is 0.102. The summed E-state index contributed by atoms with van der Waals surface area (Å²) in [5.74, 6) is 1.16. The number of rotatable bonds is 6. The lowest BCUT2D eigenvalue weighted by Crippen LogP contribution is -2.46. The molecule has 0 radical (unpaired) electrons. The Morgan fingerprint density at radius 1 is 1.19 bits per heavy atom. The summed E-state index contributed by atoms with van der Waals surface area (Å²) in [5, 5.41) is 2.90. The zero-order chi connectivity index (χ0) is 19.2. The number of amides is 1. The summed E-state index contributed by atoms with van der Waals surface area (Å²) in [5.41, 5.74) is 0.977. The molecule has 7 heteroatoms. The molecular formula is C20H27N5O2. The van der Waals surface area contributed by atoms with Gasteiger partial charge in [-0.25, -0.2) is 9.97 Å². The molecule has 1 aliphatic heterocycles. The second kappa shape index (κ2) is 8.81. The molecule has 1 aromatic carbocycles. The Kier molecular flexibility index (Phi) is 6.24. The molecule has 0 unspecified atom stereocenters. The van der Waals surface area contributed by atoms with E-state index in [2.05, 4.69) is 32.0 Å². The molecule has 2 aromatic rings. The Morgan fingerprint density at radius 3 is 2.63 bits per heavy atom. The molecule has 0 aliphatic carbocycles. The summed E-state index contributed by atoms with van der Waals surface area (Å²) in [6, 6.07) is 9.16. The summed E-state index contributed by atoms with van der Waals surface area (Å²) >= 11 is 0. The Bertz CT molecular complexity index is 772. The maximum Gasteiger partial charge on any atom is 0.274 e. The Labute approximate surface area is 160 Å². The van der Waals surface area contributed by atoms with Crippen LogP contribution < -0.4 is 15.0 Å². The highest BCUT2D eigenvalue weighted by Crippen LogP contribution is 2.25. The molecule has 3 rings (SSSR count). The van der Waals surface area contributed by atoms with Gasteiger partial charge in [0.25, 0.3) is 5.91 Å². The first kappa shape index (κ1) is 19.1. The van der Waals surface area contributed by atoms with E-state index in [0.29, 0.717) is 17.1 Å². The van der Waals surface area contributed by atoms with Crippen molar-refractivity contribution < 1.29 is 9.53 Å². The molecule has 2 heterocycles. The molecule has 1 aromatic heterocycles. The molecular weight excluding hydrogens is 342 g/mol. The molecule has 1 aliphatic rings. The summed E-state index contributed by atoms with van der Waals surface area (Å²) in [6.45, 7) is 10.9. The van der Waals surface area contributed by atoms with Crippen molar-refractivity contribution in [3.05, 3.63) is 42.4 Å². The molecule has 1 amide bonds. The molecule has 1 fully saturated rings. The van der Waals surface area contributed by atoms with Crippen molar-refractivity contribution in [2.24, 2.45) is 0 Å². The predicted molar refractivity (Wildman–Crippen MR) is 107 cm³/mol. The number of likely N-dealkylation sites (N-methyl/N-ethyl adjacent to an activating group) is 1. The van der Waals surface area contributed by atoms with Gasteiger partial charge >= 0.3 is 0 Å². The van der Waals surface area contributed by atoms with E-state index in [-0.39, 0.29) is 12.0 Å². The van der Waals surface area contributed by atoms with Crippen LogP contribution in [0.15, 0.2) is 36.7 Å². The molecule has 144 valence electrons. The average Bonchev–Trinajstić information content (AvgIpc) is 2.69. The van der Waals surface area contributed by atoms with Gasteiger partial charge in [-0.15, -0.1) is 0 Å². The number of aromatic nitrogens is 2. The molecule has 7 nitrogen and oxygen atoms in total. The van der Waals surface area contributed by atoms with Crippen LogP contribution >= 0.6 is 0 Å². The van der Waals surface area contributed by atoms with E-state index in [1.807, 2.05) is 38.1 Å². The maximum atomic E-state index is 12.7. The molecule has 0 spiro atoms. The minimum atomic E-state index is -0.273. The number of piperazine rings is 1. The minimum Gasteiger partial charge on any atom is -0.489 e. The van der Waals surface area contributed by atoms with E-state index in [4.69, 9.17) is 4.74 Å². The lowest BCUT2D eigenvalue weighted by Gasteiger charge is -2.34. The first-order valence-corrected chi connectivity index (χ1v) is 9.43. The normalized spacial score (nSPS) is 15.0. The third-order valence-corrected chi connectivity index (χ3v) is 4.53. The van der Waals surface area contributed by atoms with E-state index in [0.717, 1.165) is 38.5 Å². The molecule has 0 saturated carbocycles. The molecule has 0 atom stereocenters. The molecule has 1 saturated heterocycles. The number of carbonyl (C=O) groups is 1. The molecule has 27 heavy (non-hydrogen) atoms. The fourth-order valence-electron chi connectivity index (χ4n) is 3.05. The van der Waals surface area contributed by atoms with Crippen LogP contribution in [0.5, 0.6) is 5.75 Å². The van der Waals surface area contributed by atoms with Crippen molar-refractivity contribution in [1.29, 1.82) is 0 Å². The SMILES string of the molecule is CCN1CCN(c2cc(C(=O)Nc3ccccc3OC(C)C)ncn2)CC1. The van der Waals surface area contributed by atoms with Gasteiger partial charge in [-0.3, -0.25) is 4.79 Å². The quantitative estimate of drug-likeness (QED) is 0.844. The number of hydrogen-bond donors (Lipinski definition) is 1. The standard InChI is InChI=1S/C20H27N5O2/c1-4-24-9-11-25(12-10-24)19-13-17(21-14-22-19)20(26)23-16-7-5-6-8-18(16)27-15(2)3/h5-8,13-15H,4,9-12H2,1-3H3,(H,23,26). The molecule has 1 N–H and O–H groups in total. The summed E-state index contributed by atoms with van der Waals surface area (Å²) in [7, 11) is 0.